The van der Waals surface area contributed by atoms with Crippen LogP contribution in [-0.2, 0) is 32.7 Å². The number of halogens is 1. The molecule has 2 saturated heterocycles. The Morgan fingerprint density at radius 1 is 0.632 bits per heavy atom. The van der Waals surface area contributed by atoms with Crippen molar-refractivity contribution >= 4 is 69.8 Å². The Kier molecular flexibility index (Phi) is 21.6. The molecule has 0 N–H and O–H groups in total. The first-order valence-electron chi connectivity index (χ1n) is 23.5. The Morgan fingerprint density at radius 3 is 1.38 bits per heavy atom. The number of rotatable bonds is 8. The minimum Gasteiger partial charge on any atom is -0.491 e. The predicted molar refractivity (Wildman–Crippen MR) is 275 cm³/mol. The van der Waals surface area contributed by atoms with Crippen molar-refractivity contribution in [2.24, 2.45) is 0 Å². The third-order valence-corrected chi connectivity index (χ3v) is 11.8. The molecular formula is C51H80B2BrLiN2O11. The Hall–Kier alpha value is -2.93. The molecule has 0 saturated carbocycles. The van der Waals surface area contributed by atoms with E-state index in [9.17, 15) is 9.59 Å². The second-order valence-electron chi connectivity index (χ2n) is 21.6. The van der Waals surface area contributed by atoms with E-state index in [0.717, 1.165) is 43.9 Å². The van der Waals surface area contributed by atoms with Crippen LogP contribution in [0.3, 0.4) is 0 Å². The SMILES string of the molecule is CC(C)OB1OC(C)(C)C(C)(C)O1.CC(C)Oc1ccc2c(ccn2C(=O)OC(C)(C)C)c1B1OC(C)(C)C(C)(C)O1.CC(C)Oc1ccc2c(ccn2C(=O)OC(C)(C)C)c1Br.[CH2-]CCC.[Li+]. The molecule has 2 aliphatic rings. The number of hydrogen-bond donors (Lipinski definition) is 0. The number of carbonyl (C=O) groups excluding carboxylic acids is 2. The first-order chi connectivity index (χ1) is 30.6. The number of unbranched alkanes of at least 4 members (excludes halogenated alkanes) is 1. The first kappa shape index (κ1) is 61.2. The van der Waals surface area contributed by atoms with Gasteiger partial charge in [0.2, 0.25) is 0 Å². The zero-order chi connectivity index (χ0) is 51.2. The smallest absolute Gasteiger partial charge is 0.491 e. The van der Waals surface area contributed by atoms with Crippen LogP contribution in [0.2, 0.25) is 0 Å². The number of ether oxygens (including phenoxy) is 4. The summed E-state index contributed by atoms with van der Waals surface area (Å²) in [6.07, 6.45) is 5.09. The number of hydrogen-bond acceptors (Lipinski definition) is 11. The molecular weight excluding hydrogens is 925 g/mol. The van der Waals surface area contributed by atoms with E-state index in [1.165, 1.54) is 15.6 Å². The maximum atomic E-state index is 12.7. The molecule has 2 aromatic heterocycles. The number of fused-ring (bicyclic) bond motifs is 2. The molecule has 6 rings (SSSR count). The molecule has 2 aliphatic heterocycles. The molecule has 0 atom stereocenters. The average Bonchev–Trinajstić information content (AvgIpc) is 3.88. The summed E-state index contributed by atoms with van der Waals surface area (Å²) in [6, 6.07) is 11.2. The fourth-order valence-electron chi connectivity index (χ4n) is 6.29. The maximum absolute atomic E-state index is 12.7. The second kappa shape index (κ2) is 24.0. The van der Waals surface area contributed by atoms with Gasteiger partial charge in [0, 0.05) is 34.7 Å². The molecule has 0 bridgehead atoms. The zero-order valence-electron chi connectivity index (χ0n) is 45.4. The van der Waals surface area contributed by atoms with Gasteiger partial charge in [0.05, 0.1) is 50.1 Å². The van der Waals surface area contributed by atoms with E-state index >= 15 is 0 Å². The predicted octanol–water partition coefficient (Wildman–Crippen LogP) is 10.1. The van der Waals surface area contributed by atoms with Gasteiger partial charge < -0.3 is 49.1 Å². The van der Waals surface area contributed by atoms with Crippen LogP contribution in [-0.4, -0.2) is 87.7 Å². The van der Waals surface area contributed by atoms with Gasteiger partial charge in [-0.25, -0.2) is 9.59 Å². The normalized spacial score (nSPS) is 16.9. The van der Waals surface area contributed by atoms with E-state index in [2.05, 4.69) is 29.8 Å². The summed E-state index contributed by atoms with van der Waals surface area (Å²) in [4.78, 5) is 24.9. The van der Waals surface area contributed by atoms with Crippen molar-refractivity contribution in [1.29, 1.82) is 0 Å². The van der Waals surface area contributed by atoms with Crippen molar-refractivity contribution in [3.63, 3.8) is 0 Å². The minimum absolute atomic E-state index is 0. The maximum Gasteiger partial charge on any atom is 1.00 e. The summed E-state index contributed by atoms with van der Waals surface area (Å²) in [7, 11) is -1.13. The van der Waals surface area contributed by atoms with Gasteiger partial charge in [0.25, 0.3) is 0 Å². The van der Waals surface area contributed by atoms with Crippen molar-refractivity contribution in [3.05, 3.63) is 60.2 Å². The Labute approximate surface area is 429 Å². The Balaban J connectivity index is 0.000000356. The summed E-state index contributed by atoms with van der Waals surface area (Å²) in [5, 5.41) is 1.76. The third-order valence-electron chi connectivity index (χ3n) is 11.0. The van der Waals surface area contributed by atoms with Gasteiger partial charge in [0.15, 0.2) is 0 Å². The fraction of sp³-hybridized carbons (Fsp3) is 0.627. The molecule has 2 fully saturated rings. The number of nitrogens with zero attached hydrogens (tertiary/aromatic N) is 2. The van der Waals surface area contributed by atoms with Gasteiger partial charge in [-0.3, -0.25) is 9.13 Å². The molecule has 0 unspecified atom stereocenters. The fourth-order valence-corrected chi connectivity index (χ4v) is 6.85. The Morgan fingerprint density at radius 2 is 1.00 bits per heavy atom. The van der Waals surface area contributed by atoms with Crippen molar-refractivity contribution in [1.82, 2.24) is 9.13 Å². The zero-order valence-corrected chi connectivity index (χ0v) is 47.0. The van der Waals surface area contributed by atoms with E-state index in [-0.39, 0.29) is 54.5 Å². The minimum atomic E-state index is -0.605. The molecule has 17 heteroatoms. The molecule has 374 valence electrons. The van der Waals surface area contributed by atoms with Crippen LogP contribution in [0.5, 0.6) is 11.5 Å². The number of benzene rings is 2. The van der Waals surface area contributed by atoms with Crippen LogP contribution in [0.4, 0.5) is 9.59 Å². The van der Waals surface area contributed by atoms with E-state index in [4.69, 9.17) is 42.2 Å². The van der Waals surface area contributed by atoms with E-state index < -0.39 is 42.9 Å². The standard InChI is InChI=1S/C22H32BNO5.C16H20BrNO3.C9H19BO3.C4H9.Li/c1-14(2)26-17-11-10-16-15(12-13-24(16)19(25)27-20(3,4)5)18(17)23-28-21(6,7)22(8,9)29-23;1-10(2)20-13-7-6-12-11(14(13)17)8-9-18(12)15(19)21-16(3,4)5;1-7(2)11-10-12-8(3,4)9(5,6)13-10;1-3-4-2;/h10-14H,1-9H3;6-10H,1-5H3;7H,1-6H3;1,3-4H2,2H3;/q;;;-1;+1. The van der Waals surface area contributed by atoms with Gasteiger partial charge in [0.1, 0.15) is 22.7 Å². The Bertz CT molecular complexity index is 2240. The number of aromatic nitrogens is 2. The summed E-state index contributed by atoms with van der Waals surface area (Å²) in [5.74, 6) is 1.45. The summed E-state index contributed by atoms with van der Waals surface area (Å²) in [5.41, 5.74) is -0.372. The topological polar surface area (TPSA) is 127 Å². The molecule has 0 spiro atoms. The molecule has 0 amide bonds. The van der Waals surface area contributed by atoms with Crippen LogP contribution >= 0.6 is 15.9 Å². The molecule has 4 aromatic rings. The van der Waals surface area contributed by atoms with E-state index in [1.807, 2.05) is 175 Å². The molecule has 68 heavy (non-hydrogen) atoms. The summed E-state index contributed by atoms with van der Waals surface area (Å²) in [6.45, 7) is 44.7. The second-order valence-corrected chi connectivity index (χ2v) is 22.4. The summed E-state index contributed by atoms with van der Waals surface area (Å²) >= 11 is 3.54. The van der Waals surface area contributed by atoms with Crippen molar-refractivity contribution in [2.45, 2.75) is 210 Å². The van der Waals surface area contributed by atoms with Crippen LogP contribution in [0.15, 0.2) is 53.3 Å². The van der Waals surface area contributed by atoms with Gasteiger partial charge >= 0.3 is 45.5 Å². The van der Waals surface area contributed by atoms with E-state index in [0.29, 0.717) is 5.75 Å². The van der Waals surface area contributed by atoms with Crippen LogP contribution in [0.25, 0.3) is 21.8 Å². The molecule has 0 radical (unpaired) electrons. The monoisotopic (exact) mass is 1000 g/mol. The molecule has 13 nitrogen and oxygen atoms in total. The molecule has 4 heterocycles. The van der Waals surface area contributed by atoms with Crippen LogP contribution < -0.4 is 33.8 Å². The van der Waals surface area contributed by atoms with Gasteiger partial charge in [-0.05, 0) is 191 Å². The van der Waals surface area contributed by atoms with E-state index in [1.54, 1.807) is 12.4 Å². The van der Waals surface area contributed by atoms with Gasteiger partial charge in [-0.1, -0.05) is 13.3 Å². The first-order valence-corrected chi connectivity index (χ1v) is 24.3. The summed E-state index contributed by atoms with van der Waals surface area (Å²) < 4.78 is 55.9. The molecule has 0 aliphatic carbocycles. The number of carbonyl (C=O) groups is 2. The largest absolute Gasteiger partial charge is 1.00 e. The average molecular weight is 1010 g/mol. The van der Waals surface area contributed by atoms with Crippen molar-refractivity contribution < 1.29 is 70.7 Å². The quantitative estimate of drug-likeness (QED) is 0.124. The molecule has 2 aromatic carbocycles. The van der Waals surface area contributed by atoms with Crippen LogP contribution in [0.1, 0.15) is 158 Å². The van der Waals surface area contributed by atoms with Gasteiger partial charge in [-0.2, -0.15) is 6.42 Å². The van der Waals surface area contributed by atoms with Crippen LogP contribution in [0, 0.1) is 6.92 Å². The third kappa shape index (κ3) is 16.3. The van der Waals surface area contributed by atoms with Crippen molar-refractivity contribution in [3.8, 4) is 11.5 Å². The van der Waals surface area contributed by atoms with Crippen molar-refractivity contribution in [2.75, 3.05) is 0 Å². The van der Waals surface area contributed by atoms with Gasteiger partial charge in [-0.15, -0.1) is 0 Å².